The number of imidazole rings is 1. The fourth-order valence-corrected chi connectivity index (χ4v) is 2.34. The lowest BCUT2D eigenvalue weighted by Gasteiger charge is -1.99. The van der Waals surface area contributed by atoms with Crippen molar-refractivity contribution < 1.29 is 4.74 Å². The molecule has 6 heteroatoms. The fourth-order valence-electron chi connectivity index (χ4n) is 2.00. The maximum atomic E-state index is 5.12. The summed E-state index contributed by atoms with van der Waals surface area (Å²) in [6, 6.07) is 11.3. The number of rotatable bonds is 3. The molecule has 21 heavy (non-hydrogen) atoms. The predicted molar refractivity (Wildman–Crippen MR) is 84.8 cm³/mol. The molecule has 5 nitrogen and oxygen atoms in total. The van der Waals surface area contributed by atoms with Gasteiger partial charge in [0.05, 0.1) is 18.5 Å². The van der Waals surface area contributed by atoms with Gasteiger partial charge in [0.2, 0.25) is 0 Å². The highest BCUT2D eigenvalue weighted by Gasteiger charge is 2.08. The van der Waals surface area contributed by atoms with Gasteiger partial charge in [-0.2, -0.15) is 0 Å². The van der Waals surface area contributed by atoms with Crippen molar-refractivity contribution in [2.45, 2.75) is 6.92 Å². The van der Waals surface area contributed by atoms with Gasteiger partial charge in [-0.25, -0.2) is 4.98 Å². The molecule has 2 aromatic heterocycles. The summed E-state index contributed by atoms with van der Waals surface area (Å²) >= 11 is 3.45. The quantitative estimate of drug-likeness (QED) is 0.639. The number of pyridine rings is 1. The van der Waals surface area contributed by atoms with Crippen LogP contribution in [-0.2, 0) is 0 Å². The Morgan fingerprint density at radius 3 is 2.57 bits per heavy atom. The minimum absolute atomic E-state index is 0.724. The third kappa shape index (κ3) is 2.80. The van der Waals surface area contributed by atoms with Gasteiger partial charge in [-0.05, 0) is 59.3 Å². The number of aromatic nitrogens is 2. The van der Waals surface area contributed by atoms with E-state index in [2.05, 4.69) is 31.1 Å². The Morgan fingerprint density at radius 2 is 1.86 bits per heavy atom. The number of aryl methyl sites for hydroxylation is 1. The summed E-state index contributed by atoms with van der Waals surface area (Å²) in [6.45, 7) is 1.92. The number of hydrogen-bond acceptors (Lipinski definition) is 4. The Labute approximate surface area is 130 Å². The normalized spacial score (nSPS) is 11.4. The van der Waals surface area contributed by atoms with Gasteiger partial charge < -0.3 is 4.74 Å². The second-order valence-corrected chi connectivity index (χ2v) is 5.41. The van der Waals surface area contributed by atoms with Crippen LogP contribution in [0.2, 0.25) is 0 Å². The Hall–Kier alpha value is -2.21. The van der Waals surface area contributed by atoms with Crippen LogP contribution in [0.4, 0.5) is 11.5 Å². The monoisotopic (exact) mass is 344 g/mol. The van der Waals surface area contributed by atoms with Crippen LogP contribution in [-0.4, -0.2) is 16.5 Å². The molecule has 0 spiro atoms. The molecule has 0 aliphatic carbocycles. The third-order valence-electron chi connectivity index (χ3n) is 3.06. The Morgan fingerprint density at radius 1 is 1.10 bits per heavy atom. The minimum Gasteiger partial charge on any atom is -0.497 e. The van der Waals surface area contributed by atoms with E-state index in [0.717, 1.165) is 33.1 Å². The maximum Gasteiger partial charge on any atom is 0.182 e. The van der Waals surface area contributed by atoms with E-state index < -0.39 is 0 Å². The van der Waals surface area contributed by atoms with E-state index in [4.69, 9.17) is 4.74 Å². The van der Waals surface area contributed by atoms with E-state index in [1.54, 1.807) is 7.11 Å². The summed E-state index contributed by atoms with van der Waals surface area (Å²) in [7, 11) is 1.64. The van der Waals surface area contributed by atoms with Gasteiger partial charge in [-0.15, -0.1) is 10.2 Å². The van der Waals surface area contributed by atoms with E-state index in [0.29, 0.717) is 0 Å². The first-order valence-corrected chi connectivity index (χ1v) is 7.16. The zero-order valence-corrected chi connectivity index (χ0v) is 13.2. The number of ether oxygens (including phenoxy) is 1. The van der Waals surface area contributed by atoms with Crippen LogP contribution in [0.3, 0.4) is 0 Å². The van der Waals surface area contributed by atoms with E-state index in [1.807, 2.05) is 53.9 Å². The molecule has 0 fully saturated rings. The number of halogens is 1. The molecule has 0 radical (unpaired) electrons. The van der Waals surface area contributed by atoms with Gasteiger partial charge in [0.25, 0.3) is 0 Å². The van der Waals surface area contributed by atoms with Gasteiger partial charge in [-0.3, -0.25) is 4.40 Å². The van der Waals surface area contributed by atoms with Gasteiger partial charge in [-0.1, -0.05) is 0 Å². The van der Waals surface area contributed by atoms with E-state index in [1.165, 1.54) is 0 Å². The lowest BCUT2D eigenvalue weighted by molar-refractivity contribution is 0.415. The Kier molecular flexibility index (Phi) is 3.70. The topological polar surface area (TPSA) is 51.2 Å². The number of azo groups is 1. The van der Waals surface area contributed by atoms with Crippen molar-refractivity contribution >= 4 is 33.1 Å². The SMILES string of the molecule is COc1ccc(N=Nc2c(C)nc3ccc(Br)cn23)cc1. The van der Waals surface area contributed by atoms with Gasteiger partial charge in [0, 0.05) is 10.7 Å². The highest BCUT2D eigenvalue weighted by Crippen LogP contribution is 2.25. The van der Waals surface area contributed by atoms with Crippen LogP contribution in [0.15, 0.2) is 57.3 Å². The first-order valence-electron chi connectivity index (χ1n) is 6.37. The van der Waals surface area contributed by atoms with Crippen molar-refractivity contribution in [3.63, 3.8) is 0 Å². The lowest BCUT2D eigenvalue weighted by Crippen LogP contribution is -1.83. The van der Waals surface area contributed by atoms with Crippen molar-refractivity contribution in [3.8, 4) is 5.75 Å². The number of hydrogen-bond donors (Lipinski definition) is 0. The van der Waals surface area contributed by atoms with Crippen LogP contribution >= 0.6 is 15.9 Å². The van der Waals surface area contributed by atoms with Crippen molar-refractivity contribution in [1.29, 1.82) is 0 Å². The summed E-state index contributed by atoms with van der Waals surface area (Å²) < 4.78 is 7.99. The molecule has 3 aromatic rings. The maximum absolute atomic E-state index is 5.12. The molecule has 1 aromatic carbocycles. The average molecular weight is 345 g/mol. The zero-order valence-electron chi connectivity index (χ0n) is 11.6. The second-order valence-electron chi connectivity index (χ2n) is 4.49. The number of methoxy groups -OCH3 is 1. The van der Waals surface area contributed by atoms with Crippen LogP contribution in [0.1, 0.15) is 5.69 Å². The highest BCUT2D eigenvalue weighted by atomic mass is 79.9. The summed E-state index contributed by atoms with van der Waals surface area (Å²) in [6.07, 6.45) is 1.93. The predicted octanol–water partition coefficient (Wildman–Crippen LogP) is 4.83. The van der Waals surface area contributed by atoms with Gasteiger partial charge >= 0.3 is 0 Å². The van der Waals surface area contributed by atoms with Crippen LogP contribution in [0.5, 0.6) is 5.75 Å². The molecular formula is C15H13BrN4O. The van der Waals surface area contributed by atoms with E-state index >= 15 is 0 Å². The zero-order chi connectivity index (χ0) is 14.8. The largest absolute Gasteiger partial charge is 0.497 e. The van der Waals surface area contributed by atoms with E-state index in [-0.39, 0.29) is 0 Å². The van der Waals surface area contributed by atoms with Crippen molar-refractivity contribution in [3.05, 3.63) is 52.8 Å². The average Bonchev–Trinajstić information content (AvgIpc) is 2.80. The third-order valence-corrected chi connectivity index (χ3v) is 3.53. The smallest absolute Gasteiger partial charge is 0.182 e. The molecule has 0 bridgehead atoms. The highest BCUT2D eigenvalue weighted by molar-refractivity contribution is 9.10. The fraction of sp³-hybridized carbons (Fsp3) is 0.133. The molecule has 0 unspecified atom stereocenters. The summed E-state index contributed by atoms with van der Waals surface area (Å²) in [4.78, 5) is 4.46. The van der Waals surface area contributed by atoms with Crippen LogP contribution in [0, 0.1) is 6.92 Å². The van der Waals surface area contributed by atoms with E-state index in [9.17, 15) is 0 Å². The molecule has 0 saturated carbocycles. The lowest BCUT2D eigenvalue weighted by atomic mass is 10.3. The number of nitrogens with zero attached hydrogens (tertiary/aromatic N) is 4. The summed E-state index contributed by atoms with van der Waals surface area (Å²) in [5.41, 5.74) is 2.45. The molecule has 0 saturated heterocycles. The summed E-state index contributed by atoms with van der Waals surface area (Å²) in [5.74, 6) is 1.52. The van der Waals surface area contributed by atoms with Crippen molar-refractivity contribution in [2.24, 2.45) is 10.2 Å². The first kappa shape index (κ1) is 13.8. The summed E-state index contributed by atoms with van der Waals surface area (Å²) in [5, 5.41) is 8.58. The molecular weight excluding hydrogens is 332 g/mol. The Bertz CT molecular complexity index is 808. The molecule has 0 aliphatic heterocycles. The first-order chi connectivity index (χ1) is 10.2. The molecule has 0 N–H and O–H groups in total. The second kappa shape index (κ2) is 5.65. The molecule has 106 valence electrons. The number of fused-ring (bicyclic) bond motifs is 1. The standard InChI is InChI=1S/C15H13BrN4O/c1-10-15(20-9-11(16)3-8-14(20)17-10)19-18-12-4-6-13(21-2)7-5-12/h3-9H,1-2H3. The van der Waals surface area contributed by atoms with Gasteiger partial charge in [0.15, 0.2) is 5.82 Å². The Balaban J connectivity index is 1.98. The minimum atomic E-state index is 0.724. The van der Waals surface area contributed by atoms with Gasteiger partial charge in [0.1, 0.15) is 11.4 Å². The van der Waals surface area contributed by atoms with Crippen molar-refractivity contribution in [2.75, 3.05) is 7.11 Å². The molecule has 0 amide bonds. The van der Waals surface area contributed by atoms with Crippen molar-refractivity contribution in [1.82, 2.24) is 9.38 Å². The molecule has 2 heterocycles. The van der Waals surface area contributed by atoms with Crippen LogP contribution in [0.25, 0.3) is 5.65 Å². The number of benzene rings is 1. The molecule has 0 atom stereocenters. The molecule has 3 rings (SSSR count). The molecule has 0 aliphatic rings. The van der Waals surface area contributed by atoms with Crippen LogP contribution < -0.4 is 4.74 Å².